The fourth-order valence-electron chi connectivity index (χ4n) is 3.00. The summed E-state index contributed by atoms with van der Waals surface area (Å²) in [7, 11) is 0. The number of rotatable bonds is 4. The van der Waals surface area contributed by atoms with Crippen molar-refractivity contribution in [2.24, 2.45) is 0 Å². The average Bonchev–Trinajstić information content (AvgIpc) is 3.11. The van der Waals surface area contributed by atoms with Crippen molar-refractivity contribution in [3.8, 4) is 23.2 Å². The fourth-order valence-corrected chi connectivity index (χ4v) is 4.06. The Bertz CT molecular complexity index is 1280. The third-order valence-corrected chi connectivity index (χ3v) is 5.32. The van der Waals surface area contributed by atoms with E-state index < -0.39 is 6.36 Å². The minimum Gasteiger partial charge on any atom is -0.405 e. The van der Waals surface area contributed by atoms with Crippen LogP contribution in [0.5, 0.6) is 5.75 Å². The van der Waals surface area contributed by atoms with Crippen LogP contribution in [0.3, 0.4) is 0 Å². The minimum absolute atomic E-state index is 0.228. The van der Waals surface area contributed by atoms with Crippen LogP contribution in [0.25, 0.3) is 21.6 Å². The number of hydrogen-bond donors (Lipinski definition) is 1. The smallest absolute Gasteiger partial charge is 0.405 e. The molecule has 2 heterocycles. The van der Waals surface area contributed by atoms with E-state index in [2.05, 4.69) is 20.8 Å². The Labute approximate surface area is 173 Å². The molecule has 0 aliphatic rings. The summed E-state index contributed by atoms with van der Waals surface area (Å²) in [6.07, 6.45) is -4.54. The number of nitriles is 1. The van der Waals surface area contributed by atoms with Crippen LogP contribution in [-0.4, -0.2) is 16.3 Å². The molecule has 0 radical (unpaired) electrons. The number of hydrogen-bond acceptors (Lipinski definition) is 6. The fraction of sp³-hybridized carbons (Fsp3) is 0.0952. The summed E-state index contributed by atoms with van der Waals surface area (Å²) >= 11 is 1.32. The van der Waals surface area contributed by atoms with Crippen molar-refractivity contribution >= 4 is 27.4 Å². The highest BCUT2D eigenvalue weighted by Crippen LogP contribution is 2.34. The van der Waals surface area contributed by atoms with Gasteiger partial charge in [0, 0.05) is 16.9 Å². The third kappa shape index (κ3) is 4.18. The zero-order chi connectivity index (χ0) is 21.3. The molecule has 150 valence electrons. The second kappa shape index (κ2) is 7.65. The first kappa shape index (κ1) is 19.7. The second-order valence-electron chi connectivity index (χ2n) is 6.39. The van der Waals surface area contributed by atoms with E-state index in [-0.39, 0.29) is 18.0 Å². The van der Waals surface area contributed by atoms with Gasteiger partial charge in [0.05, 0.1) is 17.0 Å². The maximum Gasteiger partial charge on any atom is 0.573 e. The molecule has 30 heavy (non-hydrogen) atoms. The molecule has 0 amide bonds. The molecule has 9 heteroatoms. The Morgan fingerprint density at radius 2 is 1.87 bits per heavy atom. The third-order valence-electron chi connectivity index (χ3n) is 4.29. The Kier molecular flexibility index (Phi) is 5.01. The molecular formula is C21H13F3N4OS. The van der Waals surface area contributed by atoms with Gasteiger partial charge in [-0.25, -0.2) is 9.97 Å². The van der Waals surface area contributed by atoms with Gasteiger partial charge in [-0.05, 0) is 29.8 Å². The molecule has 0 fully saturated rings. The predicted octanol–water partition coefficient (Wildman–Crippen LogP) is 5.30. The highest BCUT2D eigenvalue weighted by molar-refractivity contribution is 7.18. The molecule has 2 N–H and O–H groups in total. The van der Waals surface area contributed by atoms with Crippen LogP contribution in [-0.2, 0) is 6.42 Å². The lowest BCUT2D eigenvalue weighted by molar-refractivity contribution is -0.274. The Morgan fingerprint density at radius 3 is 2.63 bits per heavy atom. The Balaban J connectivity index is 1.70. The molecular weight excluding hydrogens is 413 g/mol. The van der Waals surface area contributed by atoms with Gasteiger partial charge in [-0.15, -0.1) is 24.5 Å². The van der Waals surface area contributed by atoms with Crippen molar-refractivity contribution in [2.45, 2.75) is 12.8 Å². The number of para-hydroxylation sites is 1. The molecule has 0 aliphatic heterocycles. The Hall–Kier alpha value is -3.64. The van der Waals surface area contributed by atoms with E-state index in [1.807, 2.05) is 0 Å². The van der Waals surface area contributed by atoms with Gasteiger partial charge in [0.2, 0.25) is 0 Å². The van der Waals surface area contributed by atoms with Crippen molar-refractivity contribution in [1.29, 1.82) is 5.26 Å². The number of fused-ring (bicyclic) bond motifs is 1. The van der Waals surface area contributed by atoms with Gasteiger partial charge in [0.25, 0.3) is 0 Å². The lowest BCUT2D eigenvalue weighted by atomic mass is 10.1. The summed E-state index contributed by atoms with van der Waals surface area (Å²) in [5.74, 6) is 0.404. The van der Waals surface area contributed by atoms with Gasteiger partial charge in [-0.1, -0.05) is 30.3 Å². The number of nitrogen functional groups attached to an aromatic ring is 1. The van der Waals surface area contributed by atoms with Crippen LogP contribution >= 0.6 is 11.3 Å². The van der Waals surface area contributed by atoms with Crippen LogP contribution < -0.4 is 10.5 Å². The van der Waals surface area contributed by atoms with E-state index >= 15 is 0 Å². The first-order chi connectivity index (χ1) is 14.3. The summed E-state index contributed by atoms with van der Waals surface area (Å²) in [4.78, 5) is 10.2. The number of halogens is 3. The molecule has 4 rings (SSSR count). The quantitative estimate of drug-likeness (QED) is 0.479. The predicted molar refractivity (Wildman–Crippen MR) is 108 cm³/mol. The van der Waals surface area contributed by atoms with Crippen LogP contribution in [0.2, 0.25) is 0 Å². The lowest BCUT2D eigenvalue weighted by Crippen LogP contribution is -2.18. The van der Waals surface area contributed by atoms with E-state index in [0.29, 0.717) is 32.7 Å². The van der Waals surface area contributed by atoms with E-state index in [9.17, 15) is 13.2 Å². The molecule has 0 aliphatic carbocycles. The first-order valence-corrected chi connectivity index (χ1v) is 9.54. The molecule has 2 aromatic heterocycles. The zero-order valence-corrected chi connectivity index (χ0v) is 16.1. The van der Waals surface area contributed by atoms with Gasteiger partial charge in [0.1, 0.15) is 16.4 Å². The number of ether oxygens (including phenoxy) is 1. The van der Waals surface area contributed by atoms with Crippen LogP contribution in [0, 0.1) is 11.3 Å². The van der Waals surface area contributed by atoms with Crippen molar-refractivity contribution < 1.29 is 17.9 Å². The second-order valence-corrected chi connectivity index (χ2v) is 7.50. The number of benzene rings is 2. The molecule has 0 saturated heterocycles. The van der Waals surface area contributed by atoms with Crippen LogP contribution in [0.15, 0.2) is 54.6 Å². The van der Waals surface area contributed by atoms with Crippen molar-refractivity contribution in [3.05, 3.63) is 70.6 Å². The maximum absolute atomic E-state index is 12.7. The van der Waals surface area contributed by atoms with Crippen LogP contribution in [0.1, 0.15) is 16.0 Å². The topological polar surface area (TPSA) is 84.8 Å². The molecule has 4 aromatic rings. The summed E-state index contributed by atoms with van der Waals surface area (Å²) in [6.45, 7) is 0. The summed E-state index contributed by atoms with van der Waals surface area (Å²) < 4.78 is 42.1. The summed E-state index contributed by atoms with van der Waals surface area (Å²) in [5.41, 5.74) is 7.63. The summed E-state index contributed by atoms with van der Waals surface area (Å²) in [6, 6.07) is 16.7. The van der Waals surface area contributed by atoms with E-state index in [4.69, 9.17) is 11.0 Å². The minimum atomic E-state index is -4.76. The highest BCUT2D eigenvalue weighted by Gasteiger charge is 2.32. The van der Waals surface area contributed by atoms with Crippen molar-refractivity contribution in [3.63, 3.8) is 0 Å². The largest absolute Gasteiger partial charge is 0.573 e. The lowest BCUT2D eigenvalue weighted by Gasteiger charge is -2.12. The number of nitrogens with zero attached hydrogens (tertiary/aromatic N) is 3. The normalized spacial score (nSPS) is 11.4. The summed E-state index contributed by atoms with van der Waals surface area (Å²) in [5, 5.41) is 9.71. The number of alkyl halides is 3. The molecule has 0 spiro atoms. The molecule has 0 saturated carbocycles. The van der Waals surface area contributed by atoms with E-state index in [1.165, 1.54) is 23.5 Å². The number of nitrogens with two attached hydrogens (primary N) is 1. The molecule has 5 nitrogen and oxygen atoms in total. The standard InChI is InChI=1S/C21H13F3N4OS/c22-21(23,24)29-17-7-2-1-5-13(17)9-15-10-16-18(26)27-19(28-20(16)30-15)14-6-3-4-12(8-14)11-25/h1-8,10H,9H2,(H2,26,27,28). The van der Waals surface area contributed by atoms with Gasteiger partial charge < -0.3 is 10.5 Å². The van der Waals surface area contributed by atoms with Gasteiger partial charge in [-0.3, -0.25) is 0 Å². The first-order valence-electron chi connectivity index (χ1n) is 8.72. The average molecular weight is 426 g/mol. The highest BCUT2D eigenvalue weighted by atomic mass is 32.1. The van der Waals surface area contributed by atoms with E-state index in [1.54, 1.807) is 42.5 Å². The maximum atomic E-state index is 12.7. The zero-order valence-electron chi connectivity index (χ0n) is 15.3. The number of thiophene rings is 1. The van der Waals surface area contributed by atoms with Gasteiger partial charge in [-0.2, -0.15) is 5.26 Å². The number of anilines is 1. The monoisotopic (exact) mass is 426 g/mol. The Morgan fingerprint density at radius 1 is 1.07 bits per heavy atom. The molecule has 2 aromatic carbocycles. The SMILES string of the molecule is N#Cc1cccc(-c2nc(N)c3cc(Cc4ccccc4OC(F)(F)F)sc3n2)c1. The molecule has 0 unspecified atom stereocenters. The van der Waals surface area contributed by atoms with Crippen molar-refractivity contribution in [1.82, 2.24) is 9.97 Å². The van der Waals surface area contributed by atoms with Crippen LogP contribution in [0.4, 0.5) is 19.0 Å². The van der Waals surface area contributed by atoms with Gasteiger partial charge >= 0.3 is 6.36 Å². The number of aromatic nitrogens is 2. The van der Waals surface area contributed by atoms with Gasteiger partial charge in [0.15, 0.2) is 5.82 Å². The molecule has 0 bridgehead atoms. The molecule has 0 atom stereocenters. The van der Waals surface area contributed by atoms with E-state index in [0.717, 1.165) is 4.88 Å². The van der Waals surface area contributed by atoms with Crippen molar-refractivity contribution in [2.75, 3.05) is 5.73 Å².